The van der Waals surface area contributed by atoms with Crippen molar-refractivity contribution in [3.8, 4) is 0 Å². The van der Waals surface area contributed by atoms with Gasteiger partial charge >= 0.3 is 0 Å². The number of rotatable bonds is 3. The molecule has 5 heteroatoms. The van der Waals surface area contributed by atoms with E-state index in [1.807, 2.05) is 19.1 Å². The lowest BCUT2D eigenvalue weighted by atomic mass is 10.1. The van der Waals surface area contributed by atoms with E-state index in [-0.39, 0.29) is 0 Å². The van der Waals surface area contributed by atoms with Crippen molar-refractivity contribution in [3.05, 3.63) is 46.7 Å². The molecular formula is C12H14ClN3O. The quantitative estimate of drug-likeness (QED) is 0.822. The maximum Gasteiger partial charge on any atom is 0.101 e. The number of aliphatic hydroxyl groups excluding tert-OH is 1. The second-order valence-electron chi connectivity index (χ2n) is 3.93. The number of nitrogens with two attached hydrogens (primary N) is 1. The minimum atomic E-state index is -0.688. The summed E-state index contributed by atoms with van der Waals surface area (Å²) in [5.41, 5.74) is 7.83. The minimum Gasteiger partial charge on any atom is -0.398 e. The molecule has 1 unspecified atom stereocenters. The first-order chi connectivity index (χ1) is 8.08. The van der Waals surface area contributed by atoms with Gasteiger partial charge in [-0.15, -0.1) is 0 Å². The minimum absolute atomic E-state index is 0.335. The Balaban J connectivity index is 2.17. The molecule has 0 fully saturated rings. The number of aromatic nitrogens is 2. The molecule has 3 N–H and O–H groups in total. The molecule has 0 bridgehead atoms. The van der Waals surface area contributed by atoms with E-state index in [4.69, 9.17) is 17.3 Å². The van der Waals surface area contributed by atoms with Crippen molar-refractivity contribution >= 4 is 17.3 Å². The summed E-state index contributed by atoms with van der Waals surface area (Å²) in [5.74, 6) is 0. The Morgan fingerprint density at radius 3 is 2.76 bits per heavy atom. The molecule has 0 saturated heterocycles. The van der Waals surface area contributed by atoms with Crippen molar-refractivity contribution in [2.24, 2.45) is 0 Å². The third kappa shape index (κ3) is 2.60. The Bertz CT molecular complexity index is 505. The molecule has 0 aliphatic rings. The van der Waals surface area contributed by atoms with Crippen LogP contribution >= 0.6 is 11.6 Å². The highest BCUT2D eigenvalue weighted by Crippen LogP contribution is 2.22. The monoisotopic (exact) mass is 251 g/mol. The Kier molecular flexibility index (Phi) is 3.36. The van der Waals surface area contributed by atoms with E-state index in [0.29, 0.717) is 22.8 Å². The van der Waals surface area contributed by atoms with Gasteiger partial charge in [0.1, 0.15) is 6.10 Å². The molecule has 0 aliphatic heterocycles. The fraction of sp³-hybridized carbons (Fsp3) is 0.250. The Hall–Kier alpha value is -1.52. The topological polar surface area (TPSA) is 64.1 Å². The normalized spacial score (nSPS) is 12.6. The molecule has 0 radical (unpaired) electrons. The SMILES string of the molecule is Cc1nn(CC(O)c2ccccc2N)cc1Cl. The van der Waals surface area contributed by atoms with E-state index >= 15 is 0 Å². The highest BCUT2D eigenvalue weighted by Gasteiger charge is 2.12. The van der Waals surface area contributed by atoms with Gasteiger partial charge in [0.25, 0.3) is 0 Å². The molecular weight excluding hydrogens is 238 g/mol. The Morgan fingerprint density at radius 1 is 1.47 bits per heavy atom. The first-order valence-electron chi connectivity index (χ1n) is 5.30. The summed E-state index contributed by atoms with van der Waals surface area (Å²) in [6.45, 7) is 2.16. The van der Waals surface area contributed by atoms with Crippen molar-refractivity contribution < 1.29 is 5.11 Å². The molecule has 0 amide bonds. The van der Waals surface area contributed by atoms with Crippen LogP contribution < -0.4 is 5.73 Å². The average Bonchev–Trinajstić information content (AvgIpc) is 2.58. The zero-order valence-corrected chi connectivity index (χ0v) is 10.2. The molecule has 1 aromatic heterocycles. The number of hydrogen-bond acceptors (Lipinski definition) is 3. The van der Waals surface area contributed by atoms with E-state index in [1.165, 1.54) is 0 Å². The summed E-state index contributed by atoms with van der Waals surface area (Å²) in [6.07, 6.45) is 1.01. The fourth-order valence-corrected chi connectivity index (χ4v) is 1.83. The lowest BCUT2D eigenvalue weighted by Gasteiger charge is -2.13. The molecule has 2 aromatic rings. The maximum absolute atomic E-state index is 10.1. The van der Waals surface area contributed by atoms with Crippen LogP contribution in [0.15, 0.2) is 30.5 Å². The van der Waals surface area contributed by atoms with Crippen LogP contribution in [0.2, 0.25) is 5.02 Å². The lowest BCUT2D eigenvalue weighted by Crippen LogP contribution is -2.11. The van der Waals surface area contributed by atoms with Gasteiger partial charge in [-0.1, -0.05) is 29.8 Å². The zero-order valence-electron chi connectivity index (χ0n) is 9.47. The largest absolute Gasteiger partial charge is 0.398 e. The number of benzene rings is 1. The van der Waals surface area contributed by atoms with Gasteiger partial charge in [-0.3, -0.25) is 4.68 Å². The van der Waals surface area contributed by atoms with Crippen LogP contribution in [-0.2, 0) is 6.54 Å². The van der Waals surface area contributed by atoms with Crippen LogP contribution in [0.5, 0.6) is 0 Å². The summed E-state index contributed by atoms with van der Waals surface area (Å²) in [4.78, 5) is 0. The molecule has 17 heavy (non-hydrogen) atoms. The first-order valence-corrected chi connectivity index (χ1v) is 5.67. The van der Waals surface area contributed by atoms with Crippen molar-refractivity contribution in [2.75, 3.05) is 5.73 Å². The second-order valence-corrected chi connectivity index (χ2v) is 4.34. The van der Waals surface area contributed by atoms with Gasteiger partial charge in [0.15, 0.2) is 0 Å². The average molecular weight is 252 g/mol. The van der Waals surface area contributed by atoms with Gasteiger partial charge in [-0.2, -0.15) is 5.10 Å². The van der Waals surface area contributed by atoms with Crippen LogP contribution in [0.1, 0.15) is 17.4 Å². The summed E-state index contributed by atoms with van der Waals surface area (Å²) < 4.78 is 1.62. The van der Waals surface area contributed by atoms with Crippen LogP contribution in [-0.4, -0.2) is 14.9 Å². The summed E-state index contributed by atoms with van der Waals surface area (Å²) >= 11 is 5.90. The van der Waals surface area contributed by atoms with Gasteiger partial charge < -0.3 is 10.8 Å². The van der Waals surface area contributed by atoms with E-state index in [2.05, 4.69) is 5.10 Å². The number of nitrogen functional groups attached to an aromatic ring is 1. The van der Waals surface area contributed by atoms with Gasteiger partial charge in [-0.25, -0.2) is 0 Å². The number of nitrogens with zero attached hydrogens (tertiary/aromatic N) is 2. The second kappa shape index (κ2) is 4.77. The molecule has 0 saturated carbocycles. The van der Waals surface area contributed by atoms with Crippen LogP contribution in [0.25, 0.3) is 0 Å². The standard InChI is InChI=1S/C12H14ClN3O/c1-8-10(13)6-16(15-8)7-12(17)9-4-2-3-5-11(9)14/h2-6,12,17H,7,14H2,1H3. The fourth-order valence-electron chi connectivity index (χ4n) is 1.68. The smallest absolute Gasteiger partial charge is 0.101 e. The van der Waals surface area contributed by atoms with E-state index < -0.39 is 6.10 Å². The molecule has 2 rings (SSSR count). The number of aryl methyl sites for hydroxylation is 1. The molecule has 1 heterocycles. The van der Waals surface area contributed by atoms with Gasteiger partial charge in [0, 0.05) is 17.4 Å². The maximum atomic E-state index is 10.1. The summed E-state index contributed by atoms with van der Waals surface area (Å²) in [7, 11) is 0. The predicted octanol–water partition coefficient (Wildman–Crippen LogP) is 2.16. The molecule has 1 aromatic carbocycles. The van der Waals surface area contributed by atoms with Gasteiger partial charge in [0.05, 0.1) is 17.3 Å². The summed E-state index contributed by atoms with van der Waals surface area (Å²) in [5, 5.41) is 14.9. The van der Waals surface area contributed by atoms with Crippen molar-refractivity contribution in [2.45, 2.75) is 19.6 Å². The molecule has 4 nitrogen and oxygen atoms in total. The highest BCUT2D eigenvalue weighted by molar-refractivity contribution is 6.31. The first kappa shape index (κ1) is 12.0. The number of anilines is 1. The lowest BCUT2D eigenvalue weighted by molar-refractivity contribution is 0.152. The van der Waals surface area contributed by atoms with Crippen LogP contribution in [0.3, 0.4) is 0 Å². The number of halogens is 1. The third-order valence-electron chi connectivity index (χ3n) is 2.60. The van der Waals surface area contributed by atoms with Crippen molar-refractivity contribution in [1.82, 2.24) is 9.78 Å². The summed E-state index contributed by atoms with van der Waals surface area (Å²) in [6, 6.07) is 7.24. The Labute approximate surface area is 105 Å². The number of aliphatic hydroxyl groups is 1. The number of para-hydroxylation sites is 1. The van der Waals surface area contributed by atoms with E-state index in [1.54, 1.807) is 23.0 Å². The van der Waals surface area contributed by atoms with Crippen LogP contribution in [0, 0.1) is 6.92 Å². The van der Waals surface area contributed by atoms with Crippen molar-refractivity contribution in [3.63, 3.8) is 0 Å². The highest BCUT2D eigenvalue weighted by atomic mass is 35.5. The third-order valence-corrected chi connectivity index (χ3v) is 2.97. The molecule has 0 aliphatic carbocycles. The predicted molar refractivity (Wildman–Crippen MR) is 67.8 cm³/mol. The number of hydrogen-bond donors (Lipinski definition) is 2. The van der Waals surface area contributed by atoms with E-state index in [0.717, 1.165) is 5.69 Å². The molecule has 1 atom stereocenters. The molecule has 90 valence electrons. The zero-order chi connectivity index (χ0) is 12.4. The van der Waals surface area contributed by atoms with Crippen molar-refractivity contribution in [1.29, 1.82) is 0 Å². The van der Waals surface area contributed by atoms with E-state index in [9.17, 15) is 5.11 Å². The Morgan fingerprint density at radius 2 is 2.18 bits per heavy atom. The van der Waals surface area contributed by atoms with Crippen LogP contribution in [0.4, 0.5) is 5.69 Å². The van der Waals surface area contributed by atoms with Gasteiger partial charge in [0.2, 0.25) is 0 Å². The molecule has 0 spiro atoms. The van der Waals surface area contributed by atoms with Gasteiger partial charge in [-0.05, 0) is 13.0 Å².